The number of hydrogen-bond acceptors (Lipinski definition) is 3. The van der Waals surface area contributed by atoms with E-state index in [0.29, 0.717) is 16.9 Å². The van der Waals surface area contributed by atoms with Crippen molar-refractivity contribution < 1.29 is 0 Å². The van der Waals surface area contributed by atoms with Gasteiger partial charge in [-0.1, -0.05) is 27.7 Å². The molecule has 1 saturated carbocycles. The first-order valence-corrected chi connectivity index (χ1v) is 5.79. The lowest BCUT2D eigenvalue weighted by atomic mass is 10.0. The van der Waals surface area contributed by atoms with Crippen LogP contribution in [0.3, 0.4) is 0 Å². The summed E-state index contributed by atoms with van der Waals surface area (Å²) >= 11 is 0. The minimum absolute atomic E-state index is 0.376. The highest BCUT2D eigenvalue weighted by molar-refractivity contribution is 5.34. The number of rotatable bonds is 3. The first-order chi connectivity index (χ1) is 7.35. The van der Waals surface area contributed by atoms with E-state index >= 15 is 0 Å². The van der Waals surface area contributed by atoms with Crippen LogP contribution in [0.1, 0.15) is 33.4 Å². The molecule has 0 amide bonds. The van der Waals surface area contributed by atoms with E-state index in [1.807, 2.05) is 12.1 Å². The van der Waals surface area contributed by atoms with Gasteiger partial charge in [-0.2, -0.15) is 0 Å². The van der Waals surface area contributed by atoms with Crippen LogP contribution in [0.5, 0.6) is 0 Å². The van der Waals surface area contributed by atoms with Crippen LogP contribution in [0, 0.1) is 10.8 Å². The van der Waals surface area contributed by atoms with Gasteiger partial charge in [0.1, 0.15) is 0 Å². The summed E-state index contributed by atoms with van der Waals surface area (Å²) in [5.74, 6) is 0. The molecule has 3 heteroatoms. The highest BCUT2D eigenvalue weighted by Gasteiger charge is 2.64. The van der Waals surface area contributed by atoms with E-state index in [1.165, 1.54) is 0 Å². The summed E-state index contributed by atoms with van der Waals surface area (Å²) < 4.78 is 0. The molecule has 2 rings (SSSR count). The van der Waals surface area contributed by atoms with E-state index in [9.17, 15) is 0 Å². The summed E-state index contributed by atoms with van der Waals surface area (Å²) in [5, 5.41) is 3.57. The molecule has 0 radical (unpaired) electrons. The van der Waals surface area contributed by atoms with E-state index in [0.717, 1.165) is 17.9 Å². The minimum Gasteiger partial charge on any atom is -0.397 e. The standard InChI is InChI=1S/C13H21N3/c1-12(2)11(13(12,3)4)16-8-10-6-5-9(14)7-15-10/h5-7,11,16H,8,14H2,1-4H3. The molecular formula is C13H21N3. The second-order valence-corrected chi connectivity index (χ2v) is 5.84. The van der Waals surface area contributed by atoms with Gasteiger partial charge in [0.15, 0.2) is 0 Å². The Kier molecular flexibility index (Phi) is 2.46. The van der Waals surface area contributed by atoms with Crippen molar-refractivity contribution in [1.82, 2.24) is 10.3 Å². The van der Waals surface area contributed by atoms with E-state index in [2.05, 4.69) is 38.0 Å². The summed E-state index contributed by atoms with van der Waals surface area (Å²) in [5.41, 5.74) is 8.12. The van der Waals surface area contributed by atoms with Gasteiger partial charge >= 0.3 is 0 Å². The van der Waals surface area contributed by atoms with Crippen molar-refractivity contribution in [3.05, 3.63) is 24.0 Å². The average Bonchev–Trinajstić information content (AvgIpc) is 2.58. The van der Waals surface area contributed by atoms with Crippen molar-refractivity contribution in [2.24, 2.45) is 10.8 Å². The first kappa shape index (κ1) is 11.4. The predicted molar refractivity (Wildman–Crippen MR) is 66.8 cm³/mol. The smallest absolute Gasteiger partial charge is 0.0543 e. The van der Waals surface area contributed by atoms with Crippen molar-refractivity contribution >= 4 is 5.69 Å². The number of aromatic nitrogens is 1. The lowest BCUT2D eigenvalue weighted by Crippen LogP contribution is -2.22. The maximum absolute atomic E-state index is 5.60. The third-order valence-corrected chi connectivity index (χ3v) is 4.36. The number of nitrogens with zero attached hydrogens (tertiary/aromatic N) is 1. The summed E-state index contributed by atoms with van der Waals surface area (Å²) in [6, 6.07) is 4.44. The van der Waals surface area contributed by atoms with Gasteiger partial charge in [0.2, 0.25) is 0 Å². The third-order valence-electron chi connectivity index (χ3n) is 4.36. The van der Waals surface area contributed by atoms with Gasteiger partial charge in [-0.05, 0) is 23.0 Å². The molecule has 1 aromatic rings. The van der Waals surface area contributed by atoms with Gasteiger partial charge in [-0.15, -0.1) is 0 Å². The molecule has 0 aromatic carbocycles. The Hall–Kier alpha value is -1.09. The topological polar surface area (TPSA) is 50.9 Å². The average molecular weight is 219 g/mol. The lowest BCUT2D eigenvalue weighted by Gasteiger charge is -2.06. The third kappa shape index (κ3) is 1.69. The zero-order valence-electron chi connectivity index (χ0n) is 10.5. The van der Waals surface area contributed by atoms with Gasteiger partial charge in [0, 0.05) is 12.6 Å². The van der Waals surface area contributed by atoms with Crippen molar-refractivity contribution in [3.8, 4) is 0 Å². The Morgan fingerprint density at radius 1 is 1.25 bits per heavy atom. The fourth-order valence-electron chi connectivity index (χ4n) is 2.45. The molecular weight excluding hydrogens is 198 g/mol. The highest BCUT2D eigenvalue weighted by Crippen LogP contribution is 2.62. The van der Waals surface area contributed by atoms with Crippen LogP contribution in [0.2, 0.25) is 0 Å². The van der Waals surface area contributed by atoms with E-state index in [1.54, 1.807) is 6.20 Å². The van der Waals surface area contributed by atoms with E-state index in [4.69, 9.17) is 5.73 Å². The van der Waals surface area contributed by atoms with Gasteiger partial charge in [0.05, 0.1) is 17.6 Å². The fourth-order valence-corrected chi connectivity index (χ4v) is 2.45. The molecule has 3 nitrogen and oxygen atoms in total. The first-order valence-electron chi connectivity index (χ1n) is 5.79. The van der Waals surface area contributed by atoms with Crippen LogP contribution in [0.25, 0.3) is 0 Å². The number of nitrogen functional groups attached to an aromatic ring is 1. The Morgan fingerprint density at radius 2 is 1.88 bits per heavy atom. The van der Waals surface area contributed by atoms with Crippen molar-refractivity contribution in [2.45, 2.75) is 40.3 Å². The quantitative estimate of drug-likeness (QED) is 0.819. The number of pyridine rings is 1. The Bertz CT molecular complexity index is 365. The molecule has 1 aliphatic carbocycles. The lowest BCUT2D eigenvalue weighted by molar-refractivity contribution is 0.457. The van der Waals surface area contributed by atoms with E-state index in [-0.39, 0.29) is 0 Å². The van der Waals surface area contributed by atoms with Crippen molar-refractivity contribution in [2.75, 3.05) is 5.73 Å². The Labute approximate surface area is 97.5 Å². The number of anilines is 1. The molecule has 0 atom stereocenters. The monoisotopic (exact) mass is 219 g/mol. The molecule has 0 saturated heterocycles. The second-order valence-electron chi connectivity index (χ2n) is 5.84. The molecule has 1 heterocycles. The molecule has 1 fully saturated rings. The number of nitrogens with two attached hydrogens (primary N) is 1. The Balaban J connectivity index is 1.93. The molecule has 0 spiro atoms. The van der Waals surface area contributed by atoms with Gasteiger partial charge < -0.3 is 11.1 Å². The molecule has 0 aliphatic heterocycles. The van der Waals surface area contributed by atoms with Gasteiger partial charge in [0.25, 0.3) is 0 Å². The van der Waals surface area contributed by atoms with Crippen LogP contribution in [0.4, 0.5) is 5.69 Å². The van der Waals surface area contributed by atoms with Gasteiger partial charge in [-0.25, -0.2) is 0 Å². The summed E-state index contributed by atoms with van der Waals surface area (Å²) in [7, 11) is 0. The second kappa shape index (κ2) is 3.45. The molecule has 1 aromatic heterocycles. The molecule has 1 aliphatic rings. The van der Waals surface area contributed by atoms with Crippen LogP contribution in [0.15, 0.2) is 18.3 Å². The predicted octanol–water partition coefficient (Wildman–Crippen LogP) is 2.19. The van der Waals surface area contributed by atoms with Crippen LogP contribution >= 0.6 is 0 Å². The fraction of sp³-hybridized carbons (Fsp3) is 0.615. The Morgan fingerprint density at radius 3 is 2.31 bits per heavy atom. The molecule has 16 heavy (non-hydrogen) atoms. The minimum atomic E-state index is 0.376. The zero-order chi connectivity index (χ0) is 12.0. The molecule has 88 valence electrons. The summed E-state index contributed by atoms with van der Waals surface area (Å²) in [6.07, 6.45) is 1.71. The zero-order valence-corrected chi connectivity index (χ0v) is 10.5. The molecule has 0 bridgehead atoms. The highest BCUT2D eigenvalue weighted by atomic mass is 15.0. The largest absolute Gasteiger partial charge is 0.397 e. The summed E-state index contributed by atoms with van der Waals surface area (Å²) in [6.45, 7) is 10.0. The summed E-state index contributed by atoms with van der Waals surface area (Å²) in [4.78, 5) is 4.29. The van der Waals surface area contributed by atoms with Crippen molar-refractivity contribution in [3.63, 3.8) is 0 Å². The van der Waals surface area contributed by atoms with E-state index < -0.39 is 0 Å². The molecule has 3 N–H and O–H groups in total. The van der Waals surface area contributed by atoms with Gasteiger partial charge in [-0.3, -0.25) is 4.98 Å². The van der Waals surface area contributed by atoms with Crippen molar-refractivity contribution in [1.29, 1.82) is 0 Å². The SMILES string of the molecule is CC1(C)C(NCc2ccc(N)cn2)C1(C)C. The number of nitrogens with one attached hydrogen (secondary N) is 1. The van der Waals surface area contributed by atoms with Crippen LogP contribution in [-0.2, 0) is 6.54 Å². The number of hydrogen-bond donors (Lipinski definition) is 2. The van der Waals surface area contributed by atoms with Crippen LogP contribution < -0.4 is 11.1 Å². The van der Waals surface area contributed by atoms with Crippen LogP contribution in [-0.4, -0.2) is 11.0 Å². The normalized spacial score (nSPS) is 22.0. The molecule has 0 unspecified atom stereocenters. The maximum Gasteiger partial charge on any atom is 0.0543 e. The maximum atomic E-state index is 5.60.